The van der Waals surface area contributed by atoms with Gasteiger partial charge >= 0.3 is 35.8 Å². The molecule has 9 rings (SSSR count). The minimum absolute atomic E-state index is 0.156. The van der Waals surface area contributed by atoms with E-state index in [-0.39, 0.29) is 52.6 Å². The van der Waals surface area contributed by atoms with Crippen LogP contribution >= 0.6 is 0 Å². The third kappa shape index (κ3) is 16.5. The molecule has 18 N–H and O–H groups in total. The van der Waals surface area contributed by atoms with Crippen LogP contribution in [-0.2, 0) is 28.4 Å². The van der Waals surface area contributed by atoms with E-state index in [1.165, 1.54) is 0 Å². The lowest BCUT2D eigenvalue weighted by molar-refractivity contribution is -0.0193. The molecule has 0 unspecified atom stereocenters. The molecule has 0 saturated heterocycles. The van der Waals surface area contributed by atoms with Crippen molar-refractivity contribution in [2.24, 2.45) is 0 Å². The molecule has 90 heavy (non-hydrogen) atoms. The van der Waals surface area contributed by atoms with Gasteiger partial charge in [-0.25, -0.2) is 28.8 Å². The summed E-state index contributed by atoms with van der Waals surface area (Å²) in [5.41, 5.74) is -0.934. The van der Waals surface area contributed by atoms with Gasteiger partial charge in [0.15, 0.2) is 103 Å². The van der Waals surface area contributed by atoms with Crippen LogP contribution in [0.3, 0.4) is 0 Å². The van der Waals surface area contributed by atoms with Gasteiger partial charge in [-0.3, -0.25) is 0 Å². The Kier molecular flexibility index (Phi) is 20.8. The summed E-state index contributed by atoms with van der Waals surface area (Å²) in [5.74, 6) is -17.5. The molecule has 0 amide bonds. The van der Waals surface area contributed by atoms with Crippen LogP contribution in [0.5, 0.6) is 103 Å². The zero-order valence-electron chi connectivity index (χ0n) is 46.8. The lowest BCUT2D eigenvalue weighted by Crippen LogP contribution is -2.31. The molecule has 30 nitrogen and oxygen atoms in total. The van der Waals surface area contributed by atoms with Crippen molar-refractivity contribution < 1.29 is 149 Å². The van der Waals surface area contributed by atoms with Crippen molar-refractivity contribution in [3.8, 4) is 103 Å². The molecular weight excluding hydrogens is 1200 g/mol. The van der Waals surface area contributed by atoms with Gasteiger partial charge in [0.2, 0.25) is 0 Å². The van der Waals surface area contributed by atoms with Crippen LogP contribution in [0.4, 0.5) is 0 Å². The standard InChI is InChI=1S/3C20H20O10/c3*21-13-4-9(5-14(22)17(13)25)19(27)29-11-2-1-3-12(8-11)30-20(28)10-6-15(23)18(26)16(24)7-10/h3*4-7,11-12,21-26H,1-3,8H2/t11-,12+;2*11-,12-/m.10/s1. The topological polar surface area (TPSA) is 522 Å². The number of carbonyl (C=O) groups excluding carboxylic acids is 6. The molecule has 6 aromatic rings. The Bertz CT molecular complexity index is 2960. The predicted octanol–water partition coefficient (Wildman–Crippen LogP) is 6.74. The van der Waals surface area contributed by atoms with Crippen molar-refractivity contribution in [2.45, 2.75) is 114 Å². The Balaban J connectivity index is 0.000000192. The van der Waals surface area contributed by atoms with E-state index in [1.54, 1.807) is 0 Å². The van der Waals surface area contributed by atoms with Crippen molar-refractivity contribution >= 4 is 35.8 Å². The normalized spacial score (nSPS) is 18.5. The van der Waals surface area contributed by atoms with Crippen LogP contribution in [0, 0.1) is 0 Å². The van der Waals surface area contributed by atoms with E-state index in [4.69, 9.17) is 28.4 Å². The molecule has 6 atom stereocenters. The maximum Gasteiger partial charge on any atom is 0.338 e. The smallest absolute Gasteiger partial charge is 0.338 e. The second kappa shape index (κ2) is 28.4. The lowest BCUT2D eigenvalue weighted by Gasteiger charge is -2.28. The second-order valence-electron chi connectivity index (χ2n) is 20.8. The third-order valence-corrected chi connectivity index (χ3v) is 14.2. The number of hydrogen-bond acceptors (Lipinski definition) is 30. The molecule has 480 valence electrons. The van der Waals surface area contributed by atoms with Gasteiger partial charge in [-0.05, 0) is 131 Å². The van der Waals surface area contributed by atoms with E-state index in [1.807, 2.05) is 0 Å². The van der Waals surface area contributed by atoms with Crippen molar-refractivity contribution in [2.75, 3.05) is 0 Å². The summed E-state index contributed by atoms with van der Waals surface area (Å²) in [6, 6.07) is 11.5. The number of phenols is 18. The number of rotatable bonds is 12. The van der Waals surface area contributed by atoms with Crippen molar-refractivity contribution in [1.29, 1.82) is 0 Å². The van der Waals surface area contributed by atoms with E-state index in [2.05, 4.69) is 0 Å². The molecular formula is C60H60O30. The second-order valence-corrected chi connectivity index (χ2v) is 20.8. The number of phenolic OH excluding ortho intramolecular Hbond substituents is 18. The number of carbonyl (C=O) groups is 6. The van der Waals surface area contributed by atoms with Crippen molar-refractivity contribution in [1.82, 2.24) is 0 Å². The van der Waals surface area contributed by atoms with Crippen LogP contribution in [0.15, 0.2) is 72.8 Å². The Labute approximate surface area is 506 Å². The van der Waals surface area contributed by atoms with Crippen molar-refractivity contribution in [3.05, 3.63) is 106 Å². The number of esters is 6. The molecule has 0 aromatic heterocycles. The quantitative estimate of drug-likeness (QED) is 0.0343. The van der Waals surface area contributed by atoms with E-state index >= 15 is 0 Å². The van der Waals surface area contributed by atoms with E-state index in [0.29, 0.717) is 57.8 Å². The summed E-state index contributed by atoms with van der Waals surface area (Å²) in [5, 5.41) is 170. The minimum atomic E-state index is -0.828. The van der Waals surface area contributed by atoms with Gasteiger partial charge in [-0.2, -0.15) is 0 Å². The van der Waals surface area contributed by atoms with Gasteiger partial charge < -0.3 is 120 Å². The monoisotopic (exact) mass is 1260 g/mol. The van der Waals surface area contributed by atoms with E-state index < -0.39 is 176 Å². The molecule has 3 saturated carbocycles. The average molecular weight is 1260 g/mol. The fourth-order valence-corrected chi connectivity index (χ4v) is 9.60. The molecule has 0 aliphatic heterocycles. The molecule has 3 fully saturated rings. The molecule has 6 aromatic carbocycles. The Morgan fingerprint density at radius 2 is 0.333 bits per heavy atom. The highest BCUT2D eigenvalue weighted by atomic mass is 16.6. The highest BCUT2D eigenvalue weighted by Gasteiger charge is 2.33. The van der Waals surface area contributed by atoms with Crippen LogP contribution in [0.25, 0.3) is 0 Å². The fourth-order valence-electron chi connectivity index (χ4n) is 9.60. The first-order chi connectivity index (χ1) is 42.5. The van der Waals surface area contributed by atoms with Crippen molar-refractivity contribution in [3.63, 3.8) is 0 Å². The highest BCUT2D eigenvalue weighted by molar-refractivity contribution is 5.94. The summed E-state index contributed by atoms with van der Waals surface area (Å²) in [6.07, 6.45) is 1.87. The predicted molar refractivity (Wildman–Crippen MR) is 299 cm³/mol. The zero-order chi connectivity index (χ0) is 66.0. The summed E-state index contributed by atoms with van der Waals surface area (Å²) in [7, 11) is 0. The summed E-state index contributed by atoms with van der Waals surface area (Å²) in [6.45, 7) is 0. The first-order valence-corrected chi connectivity index (χ1v) is 27.2. The summed E-state index contributed by atoms with van der Waals surface area (Å²) < 4.78 is 32.1. The number of benzene rings is 6. The number of ether oxygens (including phenoxy) is 6. The Morgan fingerprint density at radius 1 is 0.222 bits per heavy atom. The molecule has 0 spiro atoms. The maximum atomic E-state index is 12.3. The SMILES string of the molecule is O=C(O[C@@H]1CCC[C@@H](OC(=O)c2cc(O)c(O)c(O)c2)C1)c1cc(O)c(O)c(O)c1.O=C(O[C@@H]1CCC[C@H](OC(=O)c2cc(O)c(O)c(O)c2)C1)c1cc(O)c(O)c(O)c1.O=C(O[C@H]1CCC[C@H](OC(=O)c2cc(O)c(O)c(O)c2)C1)c1cc(O)c(O)c(O)c1. The van der Waals surface area contributed by atoms with Crippen LogP contribution in [0.2, 0.25) is 0 Å². The van der Waals surface area contributed by atoms with Gasteiger partial charge in [0.1, 0.15) is 36.6 Å². The molecule has 3 aliphatic carbocycles. The molecule has 30 heteroatoms. The lowest BCUT2D eigenvalue weighted by atomic mass is 9.94. The van der Waals surface area contributed by atoms with E-state index in [0.717, 1.165) is 72.8 Å². The first-order valence-electron chi connectivity index (χ1n) is 27.2. The maximum absolute atomic E-state index is 12.3. The zero-order valence-corrected chi connectivity index (χ0v) is 46.8. The van der Waals surface area contributed by atoms with Crippen LogP contribution in [0.1, 0.15) is 139 Å². The third-order valence-electron chi connectivity index (χ3n) is 14.2. The highest BCUT2D eigenvalue weighted by Crippen LogP contribution is 2.42. The minimum Gasteiger partial charge on any atom is -0.504 e. The van der Waals surface area contributed by atoms with Gasteiger partial charge in [0, 0.05) is 19.3 Å². The fraction of sp³-hybridized carbons (Fsp3) is 0.300. The van der Waals surface area contributed by atoms with E-state index in [9.17, 15) is 121 Å². The summed E-state index contributed by atoms with van der Waals surface area (Å²) in [4.78, 5) is 73.6. The first kappa shape index (κ1) is 66.1. The van der Waals surface area contributed by atoms with Gasteiger partial charge in [0.25, 0.3) is 0 Å². The summed E-state index contributed by atoms with van der Waals surface area (Å²) >= 11 is 0. The number of aromatic hydroxyl groups is 18. The van der Waals surface area contributed by atoms with Gasteiger partial charge in [-0.1, -0.05) is 0 Å². The van der Waals surface area contributed by atoms with Crippen LogP contribution < -0.4 is 0 Å². The molecule has 0 heterocycles. The molecule has 0 radical (unpaired) electrons. The Hall–Kier alpha value is -11.5. The van der Waals surface area contributed by atoms with Gasteiger partial charge in [-0.15, -0.1) is 0 Å². The Morgan fingerprint density at radius 3 is 0.444 bits per heavy atom. The van der Waals surface area contributed by atoms with Gasteiger partial charge in [0.05, 0.1) is 33.4 Å². The largest absolute Gasteiger partial charge is 0.504 e. The number of hydrogen-bond donors (Lipinski definition) is 18. The average Bonchev–Trinajstić information content (AvgIpc) is 3.13. The molecule has 3 aliphatic rings. The molecule has 0 bridgehead atoms. The van der Waals surface area contributed by atoms with Crippen LogP contribution in [-0.4, -0.2) is 164 Å².